The van der Waals surface area contributed by atoms with Gasteiger partial charge in [-0.15, -0.1) is 0 Å². The van der Waals surface area contributed by atoms with Gasteiger partial charge in [0, 0.05) is 6.04 Å². The summed E-state index contributed by atoms with van der Waals surface area (Å²) in [6.45, 7) is 4.49. The largest absolute Gasteiger partial charge is 0.497 e. The maximum absolute atomic E-state index is 6.15. The molecule has 0 aliphatic carbocycles. The molecule has 0 heterocycles. The van der Waals surface area contributed by atoms with Gasteiger partial charge in [-0.05, 0) is 30.0 Å². The normalized spacial score (nSPS) is 12.8. The Balaban J connectivity index is 2.48. The highest BCUT2D eigenvalue weighted by molar-refractivity contribution is 5.30. The van der Waals surface area contributed by atoms with Crippen LogP contribution >= 0.6 is 0 Å². The first kappa shape index (κ1) is 13.0. The zero-order valence-corrected chi connectivity index (χ0v) is 10.6. The van der Waals surface area contributed by atoms with E-state index in [2.05, 4.69) is 19.9 Å². The van der Waals surface area contributed by atoms with Gasteiger partial charge in [-0.25, -0.2) is 0 Å². The van der Waals surface area contributed by atoms with E-state index in [9.17, 15) is 0 Å². The molecule has 0 aliphatic heterocycles. The Hall–Kier alpha value is -1.02. The van der Waals surface area contributed by atoms with E-state index in [0.717, 1.165) is 18.1 Å². The number of benzene rings is 1. The smallest absolute Gasteiger partial charge is 0.119 e. The minimum Gasteiger partial charge on any atom is -0.497 e. The van der Waals surface area contributed by atoms with Crippen molar-refractivity contribution in [2.45, 2.75) is 39.2 Å². The average Bonchev–Trinajstić information content (AvgIpc) is 2.28. The minimum absolute atomic E-state index is 0.133. The highest BCUT2D eigenvalue weighted by Crippen LogP contribution is 2.22. The number of hydrogen-bond acceptors (Lipinski definition) is 2. The Labute approximate surface area is 98.8 Å². The van der Waals surface area contributed by atoms with E-state index in [-0.39, 0.29) is 6.04 Å². The average molecular weight is 221 g/mol. The van der Waals surface area contributed by atoms with Crippen molar-refractivity contribution in [2.75, 3.05) is 7.11 Å². The molecule has 90 valence electrons. The van der Waals surface area contributed by atoms with Gasteiger partial charge in [0.25, 0.3) is 0 Å². The molecule has 0 spiro atoms. The van der Waals surface area contributed by atoms with Crippen molar-refractivity contribution >= 4 is 0 Å². The molecule has 2 N–H and O–H groups in total. The molecule has 0 aliphatic rings. The predicted molar refractivity (Wildman–Crippen MR) is 68.6 cm³/mol. The fourth-order valence-electron chi connectivity index (χ4n) is 1.78. The summed E-state index contributed by atoms with van der Waals surface area (Å²) in [6.07, 6.45) is 3.49. The molecule has 1 aromatic carbocycles. The second kappa shape index (κ2) is 6.54. The number of methoxy groups -OCH3 is 1. The fourth-order valence-corrected chi connectivity index (χ4v) is 1.78. The van der Waals surface area contributed by atoms with E-state index >= 15 is 0 Å². The number of ether oxygens (including phenoxy) is 1. The summed E-state index contributed by atoms with van der Waals surface area (Å²) in [7, 11) is 1.68. The molecule has 0 bridgehead atoms. The Morgan fingerprint density at radius 2 is 2.00 bits per heavy atom. The summed E-state index contributed by atoms with van der Waals surface area (Å²) in [4.78, 5) is 0. The van der Waals surface area contributed by atoms with Crippen LogP contribution in [0.15, 0.2) is 24.3 Å². The topological polar surface area (TPSA) is 35.2 Å². The van der Waals surface area contributed by atoms with Crippen LogP contribution in [0, 0.1) is 5.92 Å². The van der Waals surface area contributed by atoms with Gasteiger partial charge in [0.05, 0.1) is 7.11 Å². The van der Waals surface area contributed by atoms with Crippen LogP contribution < -0.4 is 10.5 Å². The molecule has 1 aromatic rings. The van der Waals surface area contributed by atoms with Gasteiger partial charge in [0.2, 0.25) is 0 Å². The minimum atomic E-state index is 0.133. The van der Waals surface area contributed by atoms with Crippen LogP contribution in [0.3, 0.4) is 0 Å². The van der Waals surface area contributed by atoms with Crippen LogP contribution in [0.4, 0.5) is 0 Å². The van der Waals surface area contributed by atoms with Crippen molar-refractivity contribution < 1.29 is 4.74 Å². The van der Waals surface area contributed by atoms with Crippen LogP contribution in [0.2, 0.25) is 0 Å². The van der Waals surface area contributed by atoms with Crippen molar-refractivity contribution in [1.29, 1.82) is 0 Å². The fraction of sp³-hybridized carbons (Fsp3) is 0.571. The first-order valence-electron chi connectivity index (χ1n) is 6.03. The molecule has 2 heteroatoms. The summed E-state index contributed by atoms with van der Waals surface area (Å²) in [6, 6.07) is 8.18. The maximum atomic E-state index is 6.15. The molecule has 0 amide bonds. The molecule has 0 aromatic heterocycles. The molecular weight excluding hydrogens is 198 g/mol. The van der Waals surface area contributed by atoms with Gasteiger partial charge in [0.15, 0.2) is 0 Å². The van der Waals surface area contributed by atoms with Crippen molar-refractivity contribution in [3.05, 3.63) is 29.8 Å². The molecule has 1 rings (SSSR count). The molecule has 2 nitrogen and oxygen atoms in total. The molecule has 1 atom stereocenters. The number of hydrogen-bond donors (Lipinski definition) is 1. The summed E-state index contributed by atoms with van der Waals surface area (Å²) >= 11 is 0. The molecule has 0 fully saturated rings. The van der Waals surface area contributed by atoms with E-state index in [0.29, 0.717) is 0 Å². The Morgan fingerprint density at radius 3 is 2.62 bits per heavy atom. The Morgan fingerprint density at radius 1 is 1.25 bits per heavy atom. The zero-order valence-electron chi connectivity index (χ0n) is 10.6. The van der Waals surface area contributed by atoms with Crippen molar-refractivity contribution in [3.63, 3.8) is 0 Å². The van der Waals surface area contributed by atoms with Gasteiger partial charge >= 0.3 is 0 Å². The number of nitrogens with two attached hydrogens (primary N) is 1. The molecular formula is C14H23NO. The third-order valence-corrected chi connectivity index (χ3v) is 2.82. The van der Waals surface area contributed by atoms with Gasteiger partial charge in [-0.1, -0.05) is 38.8 Å². The monoisotopic (exact) mass is 221 g/mol. The molecule has 1 unspecified atom stereocenters. The molecule has 16 heavy (non-hydrogen) atoms. The van der Waals surface area contributed by atoms with Crippen molar-refractivity contribution in [1.82, 2.24) is 0 Å². The maximum Gasteiger partial charge on any atom is 0.119 e. The van der Waals surface area contributed by atoms with E-state index < -0.39 is 0 Å². The second-order valence-electron chi connectivity index (χ2n) is 4.71. The van der Waals surface area contributed by atoms with Gasteiger partial charge in [0.1, 0.15) is 5.75 Å². The van der Waals surface area contributed by atoms with Gasteiger partial charge in [-0.3, -0.25) is 0 Å². The predicted octanol–water partition coefficient (Wildman–Crippen LogP) is 3.52. The van der Waals surface area contributed by atoms with E-state index in [1.165, 1.54) is 18.4 Å². The zero-order chi connectivity index (χ0) is 12.0. The van der Waals surface area contributed by atoms with E-state index in [1.807, 2.05) is 18.2 Å². The van der Waals surface area contributed by atoms with Crippen molar-refractivity contribution in [3.8, 4) is 5.75 Å². The van der Waals surface area contributed by atoms with E-state index in [4.69, 9.17) is 10.5 Å². The lowest BCUT2D eigenvalue weighted by atomic mass is 9.99. The standard InChI is InChI=1S/C14H23NO/c1-11(2)6-4-9-14(15)12-7-5-8-13(10-12)16-3/h5,7-8,10-11,14H,4,6,9,15H2,1-3H3. The Bertz CT molecular complexity index is 309. The highest BCUT2D eigenvalue weighted by atomic mass is 16.5. The van der Waals surface area contributed by atoms with Gasteiger partial charge in [-0.2, -0.15) is 0 Å². The Kier molecular flexibility index (Phi) is 5.33. The lowest BCUT2D eigenvalue weighted by Gasteiger charge is -2.13. The quantitative estimate of drug-likeness (QED) is 0.797. The van der Waals surface area contributed by atoms with Crippen LogP contribution in [-0.2, 0) is 0 Å². The molecule has 0 saturated heterocycles. The first-order chi connectivity index (χ1) is 7.63. The van der Waals surface area contributed by atoms with Gasteiger partial charge < -0.3 is 10.5 Å². The molecule has 0 radical (unpaired) electrons. The van der Waals surface area contributed by atoms with Crippen LogP contribution in [0.25, 0.3) is 0 Å². The third kappa shape index (κ3) is 4.23. The summed E-state index contributed by atoms with van der Waals surface area (Å²) in [5, 5.41) is 0. The first-order valence-corrected chi connectivity index (χ1v) is 6.03. The van der Waals surface area contributed by atoms with Crippen molar-refractivity contribution in [2.24, 2.45) is 11.7 Å². The summed E-state index contributed by atoms with van der Waals surface area (Å²) < 4.78 is 5.19. The lowest BCUT2D eigenvalue weighted by Crippen LogP contribution is -2.10. The second-order valence-corrected chi connectivity index (χ2v) is 4.71. The van der Waals surface area contributed by atoms with E-state index in [1.54, 1.807) is 7.11 Å². The summed E-state index contributed by atoms with van der Waals surface area (Å²) in [5.41, 5.74) is 7.32. The lowest BCUT2D eigenvalue weighted by molar-refractivity contribution is 0.413. The number of rotatable bonds is 6. The SMILES string of the molecule is COc1cccc(C(N)CCCC(C)C)c1. The third-order valence-electron chi connectivity index (χ3n) is 2.82. The molecule has 0 saturated carbocycles. The van der Waals surface area contributed by atoms with Crippen LogP contribution in [-0.4, -0.2) is 7.11 Å². The van der Waals surface area contributed by atoms with Crippen LogP contribution in [0.1, 0.15) is 44.7 Å². The van der Waals surface area contributed by atoms with Crippen LogP contribution in [0.5, 0.6) is 5.75 Å². The highest BCUT2D eigenvalue weighted by Gasteiger charge is 2.07. The summed E-state index contributed by atoms with van der Waals surface area (Å²) in [5.74, 6) is 1.65.